The van der Waals surface area contributed by atoms with Gasteiger partial charge in [0.1, 0.15) is 0 Å². The molecule has 0 radical (unpaired) electrons. The number of sulfonamides is 1. The van der Waals surface area contributed by atoms with Crippen LogP contribution in [0.15, 0.2) is 27.6 Å². The highest BCUT2D eigenvalue weighted by Gasteiger charge is 2.17. The summed E-state index contributed by atoms with van der Waals surface area (Å²) in [6.45, 7) is 1.92. The van der Waals surface area contributed by atoms with E-state index >= 15 is 0 Å². The zero-order valence-corrected chi connectivity index (χ0v) is 14.5. The molecule has 0 heterocycles. The molecule has 1 aromatic rings. The molecule has 0 bridgehead atoms. The van der Waals surface area contributed by atoms with E-state index in [-0.39, 0.29) is 4.90 Å². The van der Waals surface area contributed by atoms with Gasteiger partial charge in [-0.05, 0) is 67.7 Å². The molecule has 1 rings (SSSR count). The van der Waals surface area contributed by atoms with Crippen LogP contribution in [0.5, 0.6) is 0 Å². The zero-order valence-electron chi connectivity index (χ0n) is 12.1. The first-order valence-electron chi connectivity index (χ1n) is 6.44. The van der Waals surface area contributed by atoms with E-state index in [1.807, 2.05) is 32.1 Å². The van der Waals surface area contributed by atoms with Crippen LogP contribution in [0.1, 0.15) is 12.0 Å². The summed E-state index contributed by atoms with van der Waals surface area (Å²) in [7, 11) is 2.29. The Morgan fingerprint density at radius 1 is 1.30 bits per heavy atom. The van der Waals surface area contributed by atoms with Crippen molar-refractivity contribution in [2.75, 3.05) is 34.2 Å². The average Bonchev–Trinajstić information content (AvgIpc) is 2.37. The molecule has 1 aromatic carbocycles. The Morgan fingerprint density at radius 2 is 2.00 bits per heavy atom. The van der Waals surface area contributed by atoms with E-state index in [9.17, 15) is 8.42 Å². The number of nitrogens with zero attached hydrogens (tertiary/aromatic N) is 1. The van der Waals surface area contributed by atoms with Gasteiger partial charge in [-0.1, -0.05) is 6.07 Å². The number of hydrogen-bond donors (Lipinski definition) is 2. The molecule has 114 valence electrons. The topological polar surface area (TPSA) is 61.4 Å². The smallest absolute Gasteiger partial charge is 0.241 e. The molecule has 0 atom stereocenters. The number of hydrogen-bond acceptors (Lipinski definition) is 4. The Morgan fingerprint density at radius 3 is 2.60 bits per heavy atom. The van der Waals surface area contributed by atoms with Crippen LogP contribution in [0, 0.1) is 0 Å². The van der Waals surface area contributed by atoms with Crippen molar-refractivity contribution >= 4 is 26.0 Å². The Balaban J connectivity index is 2.78. The number of benzene rings is 1. The van der Waals surface area contributed by atoms with Crippen molar-refractivity contribution in [3.05, 3.63) is 28.2 Å². The quantitative estimate of drug-likeness (QED) is 0.685. The van der Waals surface area contributed by atoms with Crippen molar-refractivity contribution in [2.24, 2.45) is 0 Å². The van der Waals surface area contributed by atoms with E-state index in [1.54, 1.807) is 12.1 Å². The molecule has 2 N–H and O–H groups in total. The SMILES string of the molecule is CNCc1ccc(Br)c(S(=O)(=O)NCCCN(C)C)c1. The highest BCUT2D eigenvalue weighted by atomic mass is 79.9. The van der Waals surface area contributed by atoms with Gasteiger partial charge in [0.05, 0.1) is 4.90 Å². The van der Waals surface area contributed by atoms with Crippen molar-refractivity contribution in [3.63, 3.8) is 0 Å². The molecule has 0 spiro atoms. The van der Waals surface area contributed by atoms with Crippen LogP contribution in [0.2, 0.25) is 0 Å². The second-order valence-electron chi connectivity index (χ2n) is 4.85. The molecule has 0 aliphatic heterocycles. The summed E-state index contributed by atoms with van der Waals surface area (Å²) in [5.41, 5.74) is 0.935. The summed E-state index contributed by atoms with van der Waals surface area (Å²) < 4.78 is 27.8. The van der Waals surface area contributed by atoms with E-state index in [1.165, 1.54) is 0 Å². The minimum absolute atomic E-state index is 0.287. The van der Waals surface area contributed by atoms with Crippen LogP contribution in [-0.2, 0) is 16.6 Å². The number of halogens is 1. The maximum Gasteiger partial charge on any atom is 0.241 e. The molecular formula is C13H22BrN3O2S. The van der Waals surface area contributed by atoms with Crippen molar-refractivity contribution in [1.29, 1.82) is 0 Å². The van der Waals surface area contributed by atoms with Crippen LogP contribution in [0.3, 0.4) is 0 Å². The van der Waals surface area contributed by atoms with E-state index in [0.717, 1.165) is 18.5 Å². The molecule has 7 heteroatoms. The first-order valence-corrected chi connectivity index (χ1v) is 8.72. The Bertz CT molecular complexity index is 532. The maximum atomic E-state index is 12.3. The molecule has 5 nitrogen and oxygen atoms in total. The molecule has 20 heavy (non-hydrogen) atoms. The van der Waals surface area contributed by atoms with Crippen molar-refractivity contribution in [2.45, 2.75) is 17.9 Å². The summed E-state index contributed by atoms with van der Waals surface area (Å²) in [6, 6.07) is 5.35. The molecule has 0 saturated heterocycles. The van der Waals surface area contributed by atoms with Crippen LogP contribution in [0.4, 0.5) is 0 Å². The van der Waals surface area contributed by atoms with Gasteiger partial charge < -0.3 is 10.2 Å². The third-order valence-electron chi connectivity index (χ3n) is 2.74. The van der Waals surface area contributed by atoms with Gasteiger partial charge in [0.15, 0.2) is 0 Å². The molecule has 0 amide bonds. The highest BCUT2D eigenvalue weighted by Crippen LogP contribution is 2.23. The summed E-state index contributed by atoms with van der Waals surface area (Å²) in [5.74, 6) is 0. The van der Waals surface area contributed by atoms with Crippen molar-refractivity contribution in [3.8, 4) is 0 Å². The first kappa shape index (κ1) is 17.6. The molecule has 0 aliphatic rings. The van der Waals surface area contributed by atoms with Gasteiger partial charge in [-0.15, -0.1) is 0 Å². The third-order valence-corrected chi connectivity index (χ3v) is 5.20. The maximum absolute atomic E-state index is 12.3. The zero-order chi connectivity index (χ0) is 15.2. The van der Waals surface area contributed by atoms with Gasteiger partial charge in [0.2, 0.25) is 10.0 Å². The van der Waals surface area contributed by atoms with Gasteiger partial charge in [0, 0.05) is 17.6 Å². The predicted molar refractivity (Wildman–Crippen MR) is 85.3 cm³/mol. The van der Waals surface area contributed by atoms with Gasteiger partial charge in [-0.3, -0.25) is 0 Å². The Hall–Kier alpha value is -0.470. The lowest BCUT2D eigenvalue weighted by Gasteiger charge is -2.12. The fourth-order valence-electron chi connectivity index (χ4n) is 1.75. The second kappa shape index (κ2) is 8.09. The fraction of sp³-hybridized carbons (Fsp3) is 0.538. The average molecular weight is 364 g/mol. The van der Waals surface area contributed by atoms with Crippen LogP contribution >= 0.6 is 15.9 Å². The summed E-state index contributed by atoms with van der Waals surface area (Å²) in [4.78, 5) is 2.31. The fourth-order valence-corrected chi connectivity index (χ4v) is 3.83. The predicted octanol–water partition coefficient (Wildman–Crippen LogP) is 1.40. The normalized spacial score (nSPS) is 12.1. The Kier molecular flexibility index (Phi) is 7.11. The van der Waals surface area contributed by atoms with Gasteiger partial charge in [0.25, 0.3) is 0 Å². The van der Waals surface area contributed by atoms with Crippen LogP contribution < -0.4 is 10.0 Å². The van der Waals surface area contributed by atoms with Gasteiger partial charge >= 0.3 is 0 Å². The standard InChI is InChI=1S/C13H22BrN3O2S/c1-15-10-11-5-6-12(14)13(9-11)20(18,19)16-7-4-8-17(2)3/h5-6,9,15-16H,4,7-8,10H2,1-3H3. The van der Waals surface area contributed by atoms with E-state index < -0.39 is 10.0 Å². The molecular weight excluding hydrogens is 342 g/mol. The Labute approximate surface area is 129 Å². The molecule has 0 saturated carbocycles. The van der Waals surface area contributed by atoms with Crippen LogP contribution in [0.25, 0.3) is 0 Å². The lowest BCUT2D eigenvalue weighted by molar-refractivity contribution is 0.400. The third kappa shape index (κ3) is 5.49. The largest absolute Gasteiger partial charge is 0.316 e. The second-order valence-corrected chi connectivity index (χ2v) is 7.44. The van der Waals surface area contributed by atoms with E-state index in [2.05, 4.69) is 26.0 Å². The number of rotatable bonds is 8. The lowest BCUT2D eigenvalue weighted by atomic mass is 10.2. The van der Waals surface area contributed by atoms with Gasteiger partial charge in [-0.2, -0.15) is 0 Å². The molecule has 0 aromatic heterocycles. The first-order chi connectivity index (χ1) is 9.36. The summed E-state index contributed by atoms with van der Waals surface area (Å²) in [5, 5.41) is 3.01. The van der Waals surface area contributed by atoms with E-state index in [4.69, 9.17) is 0 Å². The minimum atomic E-state index is -3.47. The summed E-state index contributed by atoms with van der Waals surface area (Å²) in [6.07, 6.45) is 0.778. The summed E-state index contributed by atoms with van der Waals surface area (Å²) >= 11 is 3.30. The van der Waals surface area contributed by atoms with Crippen LogP contribution in [-0.4, -0.2) is 47.6 Å². The molecule has 0 unspecified atom stereocenters. The van der Waals surface area contributed by atoms with Gasteiger partial charge in [-0.25, -0.2) is 13.1 Å². The number of nitrogens with one attached hydrogen (secondary N) is 2. The van der Waals surface area contributed by atoms with Crippen molar-refractivity contribution < 1.29 is 8.42 Å². The minimum Gasteiger partial charge on any atom is -0.316 e. The lowest BCUT2D eigenvalue weighted by Crippen LogP contribution is -2.27. The monoisotopic (exact) mass is 363 g/mol. The molecule has 0 fully saturated rings. The van der Waals surface area contributed by atoms with Crippen molar-refractivity contribution in [1.82, 2.24) is 14.9 Å². The molecule has 0 aliphatic carbocycles. The highest BCUT2D eigenvalue weighted by molar-refractivity contribution is 9.10. The van der Waals surface area contributed by atoms with E-state index in [0.29, 0.717) is 17.6 Å².